The Bertz CT molecular complexity index is 1010. The van der Waals surface area contributed by atoms with Crippen molar-refractivity contribution in [2.75, 3.05) is 0 Å². The van der Waals surface area contributed by atoms with Crippen molar-refractivity contribution in [3.63, 3.8) is 0 Å². The van der Waals surface area contributed by atoms with Crippen molar-refractivity contribution in [1.29, 1.82) is 0 Å². The van der Waals surface area contributed by atoms with Crippen LogP contribution in [0.5, 0.6) is 0 Å². The van der Waals surface area contributed by atoms with Gasteiger partial charge in [-0.3, -0.25) is 9.48 Å². The normalized spacial score (nSPS) is 25.0. The Kier molecular flexibility index (Phi) is 4.53. The highest BCUT2D eigenvalue weighted by Crippen LogP contribution is 2.37. The van der Waals surface area contributed by atoms with Gasteiger partial charge in [0.05, 0.1) is 11.7 Å². The average Bonchev–Trinajstić information content (AvgIpc) is 3.30. The first-order valence-corrected chi connectivity index (χ1v) is 9.06. The zero-order valence-electron chi connectivity index (χ0n) is 15.2. The number of carbonyl (C=O) groups is 1. The molecule has 0 radical (unpaired) electrons. The van der Waals surface area contributed by atoms with E-state index in [1.807, 2.05) is 19.9 Å². The van der Waals surface area contributed by atoms with Crippen LogP contribution in [0.15, 0.2) is 59.8 Å². The number of esters is 1. The molecular formula is C20H21N3O4. The number of fused-ring (bicyclic) bond motifs is 1. The summed E-state index contributed by atoms with van der Waals surface area (Å²) in [5, 5.41) is 0. The number of aromatic nitrogens is 3. The summed E-state index contributed by atoms with van der Waals surface area (Å²) in [5.74, 6) is -0.383. The molecule has 27 heavy (non-hydrogen) atoms. The number of hydrogen-bond acceptors (Lipinski definition) is 5. The number of ether oxygens (including phenoxy) is 2. The summed E-state index contributed by atoms with van der Waals surface area (Å²) in [5.41, 5.74) is 0.630. The van der Waals surface area contributed by atoms with Gasteiger partial charge in [0.1, 0.15) is 0 Å². The first kappa shape index (κ1) is 17.5. The fourth-order valence-corrected chi connectivity index (χ4v) is 3.62. The van der Waals surface area contributed by atoms with Gasteiger partial charge in [-0.05, 0) is 18.6 Å². The molecule has 7 heteroatoms. The van der Waals surface area contributed by atoms with E-state index in [1.54, 1.807) is 52.1 Å². The van der Waals surface area contributed by atoms with E-state index in [-0.39, 0.29) is 23.4 Å². The lowest BCUT2D eigenvalue weighted by molar-refractivity contribution is -0.0573. The Hall–Kier alpha value is -2.93. The van der Waals surface area contributed by atoms with E-state index in [9.17, 15) is 9.59 Å². The fraction of sp³-hybridized carbons (Fsp3) is 0.350. The van der Waals surface area contributed by atoms with Gasteiger partial charge in [-0.25, -0.2) is 14.3 Å². The molecule has 0 spiro atoms. The molecule has 0 aliphatic carbocycles. The summed E-state index contributed by atoms with van der Waals surface area (Å²) < 4.78 is 15.5. The molecule has 3 aromatic rings. The summed E-state index contributed by atoms with van der Waals surface area (Å²) in [7, 11) is 0. The van der Waals surface area contributed by atoms with Crippen molar-refractivity contribution in [3.05, 3.63) is 70.8 Å². The Balaban J connectivity index is 1.71. The second kappa shape index (κ2) is 7.00. The molecule has 1 aromatic carbocycles. The Labute approximate surface area is 156 Å². The number of hydrogen-bond donors (Lipinski definition) is 0. The van der Waals surface area contributed by atoms with Crippen molar-refractivity contribution in [3.8, 4) is 0 Å². The van der Waals surface area contributed by atoms with Crippen LogP contribution < -0.4 is 5.43 Å². The highest BCUT2D eigenvalue weighted by molar-refractivity contribution is 5.89. The van der Waals surface area contributed by atoms with Crippen molar-refractivity contribution >= 4 is 11.6 Å². The number of nitrogens with zero attached hydrogens (tertiary/aromatic N) is 3. The van der Waals surface area contributed by atoms with Crippen LogP contribution in [-0.2, 0) is 9.47 Å². The first-order valence-electron chi connectivity index (χ1n) is 9.06. The van der Waals surface area contributed by atoms with E-state index in [1.165, 1.54) is 6.07 Å². The van der Waals surface area contributed by atoms with Gasteiger partial charge in [0.2, 0.25) is 5.43 Å². The molecule has 0 unspecified atom stereocenters. The minimum atomic E-state index is -0.546. The third kappa shape index (κ3) is 3.04. The van der Waals surface area contributed by atoms with Crippen LogP contribution in [0.4, 0.5) is 0 Å². The molecule has 1 aliphatic rings. The fourth-order valence-electron chi connectivity index (χ4n) is 3.62. The SMILES string of the molecule is CC[C@H]1O[C@@H](n2ccc(=O)c3nccn32)[C@H](OC(=O)c2ccccc2)[C@@H]1C. The minimum Gasteiger partial charge on any atom is -0.454 e. The third-order valence-electron chi connectivity index (χ3n) is 5.09. The quantitative estimate of drug-likeness (QED) is 0.663. The average molecular weight is 367 g/mol. The van der Waals surface area contributed by atoms with Gasteiger partial charge in [0, 0.05) is 30.6 Å². The maximum atomic E-state index is 12.6. The van der Waals surface area contributed by atoms with Crippen LogP contribution in [0.25, 0.3) is 5.65 Å². The van der Waals surface area contributed by atoms with Crippen LogP contribution in [0.2, 0.25) is 0 Å². The van der Waals surface area contributed by atoms with Crippen molar-refractivity contribution < 1.29 is 14.3 Å². The molecule has 0 bridgehead atoms. The van der Waals surface area contributed by atoms with E-state index >= 15 is 0 Å². The molecule has 1 fully saturated rings. The van der Waals surface area contributed by atoms with Crippen LogP contribution in [0.1, 0.15) is 36.9 Å². The molecule has 0 N–H and O–H groups in total. The molecule has 4 rings (SSSR count). The van der Waals surface area contributed by atoms with E-state index in [2.05, 4.69) is 4.98 Å². The van der Waals surface area contributed by atoms with Gasteiger partial charge < -0.3 is 9.47 Å². The topological polar surface area (TPSA) is 74.8 Å². The van der Waals surface area contributed by atoms with Crippen molar-refractivity contribution in [2.45, 2.75) is 38.7 Å². The molecule has 2 aromatic heterocycles. The second-order valence-electron chi connectivity index (χ2n) is 6.72. The molecule has 140 valence electrons. The highest BCUT2D eigenvalue weighted by Gasteiger charge is 2.45. The van der Waals surface area contributed by atoms with Gasteiger partial charge in [-0.1, -0.05) is 32.0 Å². The Morgan fingerprint density at radius 3 is 2.74 bits per heavy atom. The lowest BCUT2D eigenvalue weighted by atomic mass is 9.98. The smallest absolute Gasteiger partial charge is 0.338 e. The standard InChI is InChI=1S/C20H21N3O4/c1-3-16-13(2)17(27-20(25)14-7-5-4-6-8-14)19(26-16)23-11-9-15(24)18-21-10-12-22(18)23/h4-13,16-17,19H,3H2,1-2H3/t13-,16-,17-,19-/m1/s1. The van der Waals surface area contributed by atoms with Crippen LogP contribution in [-0.4, -0.2) is 32.4 Å². The number of benzene rings is 1. The van der Waals surface area contributed by atoms with Gasteiger partial charge in [0.15, 0.2) is 18.0 Å². The number of imidazole rings is 1. The van der Waals surface area contributed by atoms with Crippen LogP contribution in [0.3, 0.4) is 0 Å². The predicted molar refractivity (Wildman–Crippen MR) is 98.5 cm³/mol. The molecule has 4 atom stereocenters. The van der Waals surface area contributed by atoms with E-state index in [4.69, 9.17) is 9.47 Å². The van der Waals surface area contributed by atoms with E-state index < -0.39 is 12.3 Å². The molecule has 1 saturated heterocycles. The minimum absolute atomic E-state index is 0.00524. The molecule has 7 nitrogen and oxygen atoms in total. The summed E-state index contributed by atoms with van der Waals surface area (Å²) in [6.07, 6.45) is 4.61. The lowest BCUT2D eigenvalue weighted by Crippen LogP contribution is -2.32. The van der Waals surface area contributed by atoms with Crippen LogP contribution >= 0.6 is 0 Å². The summed E-state index contributed by atoms with van der Waals surface area (Å²) in [4.78, 5) is 28.8. The predicted octanol–water partition coefficient (Wildman–Crippen LogP) is 2.67. The summed E-state index contributed by atoms with van der Waals surface area (Å²) in [6.45, 7) is 4.06. The largest absolute Gasteiger partial charge is 0.454 e. The van der Waals surface area contributed by atoms with Crippen LogP contribution in [0, 0.1) is 5.92 Å². The molecule has 0 saturated carbocycles. The Morgan fingerprint density at radius 2 is 2.00 bits per heavy atom. The maximum Gasteiger partial charge on any atom is 0.338 e. The zero-order chi connectivity index (χ0) is 19.0. The summed E-state index contributed by atoms with van der Waals surface area (Å²) >= 11 is 0. The van der Waals surface area contributed by atoms with Crippen molar-refractivity contribution in [2.24, 2.45) is 5.92 Å². The number of carbonyl (C=O) groups excluding carboxylic acids is 1. The highest BCUT2D eigenvalue weighted by atomic mass is 16.6. The summed E-state index contributed by atoms with van der Waals surface area (Å²) in [6, 6.07) is 10.4. The van der Waals surface area contributed by atoms with E-state index in [0.717, 1.165) is 6.42 Å². The van der Waals surface area contributed by atoms with E-state index in [0.29, 0.717) is 11.2 Å². The molecule has 0 amide bonds. The maximum absolute atomic E-state index is 12.6. The molecule has 1 aliphatic heterocycles. The molecule has 3 heterocycles. The van der Waals surface area contributed by atoms with Gasteiger partial charge in [-0.15, -0.1) is 0 Å². The Morgan fingerprint density at radius 1 is 1.22 bits per heavy atom. The molecular weight excluding hydrogens is 346 g/mol. The third-order valence-corrected chi connectivity index (χ3v) is 5.09. The van der Waals surface area contributed by atoms with Gasteiger partial charge in [-0.2, -0.15) is 0 Å². The first-order chi connectivity index (χ1) is 13.1. The lowest BCUT2D eigenvalue weighted by Gasteiger charge is -2.24. The zero-order valence-corrected chi connectivity index (χ0v) is 15.2. The van der Waals surface area contributed by atoms with Crippen molar-refractivity contribution in [1.82, 2.24) is 14.2 Å². The van der Waals surface area contributed by atoms with Gasteiger partial charge >= 0.3 is 5.97 Å². The number of rotatable bonds is 4. The van der Waals surface area contributed by atoms with Gasteiger partial charge in [0.25, 0.3) is 0 Å². The monoisotopic (exact) mass is 367 g/mol. The second-order valence-corrected chi connectivity index (χ2v) is 6.72.